The molecule has 2 amide bonds. The Balaban J connectivity index is 2.29. The van der Waals surface area contributed by atoms with Crippen molar-refractivity contribution in [1.82, 2.24) is 10.2 Å². The first-order valence-corrected chi connectivity index (χ1v) is 6.75. The molecule has 0 aliphatic carbocycles. The molecule has 1 aliphatic heterocycles. The number of carboxylic acid groups (broad SMARTS) is 1. The lowest BCUT2D eigenvalue weighted by Gasteiger charge is -2.37. The maximum Gasteiger partial charge on any atom is 0.317 e. The summed E-state index contributed by atoms with van der Waals surface area (Å²) in [6, 6.07) is 0.0322. The third-order valence-corrected chi connectivity index (χ3v) is 3.44. The second-order valence-electron chi connectivity index (χ2n) is 3.95. The lowest BCUT2D eigenvalue weighted by molar-refractivity contribution is -0.146. The van der Waals surface area contributed by atoms with E-state index in [1.54, 1.807) is 16.7 Å². The highest BCUT2D eigenvalue weighted by atomic mass is 32.2. The first kappa shape index (κ1) is 13.2. The molecule has 1 unspecified atom stereocenters. The van der Waals surface area contributed by atoms with E-state index in [-0.39, 0.29) is 18.0 Å². The molecule has 0 aromatic carbocycles. The lowest BCUT2D eigenvalue weighted by atomic mass is 10.0. The number of hydrogen-bond donors (Lipinski definition) is 2. The molecule has 6 heteroatoms. The van der Waals surface area contributed by atoms with Crippen LogP contribution in [0.25, 0.3) is 0 Å². The third-order valence-electron chi connectivity index (χ3n) is 2.71. The third kappa shape index (κ3) is 3.30. The zero-order chi connectivity index (χ0) is 12.1. The molecule has 1 saturated heterocycles. The number of carboxylic acids is 1. The highest BCUT2D eigenvalue weighted by Crippen LogP contribution is 2.15. The predicted molar refractivity (Wildman–Crippen MR) is 63.7 cm³/mol. The van der Waals surface area contributed by atoms with Crippen LogP contribution in [0.2, 0.25) is 0 Å². The molecule has 0 bridgehead atoms. The van der Waals surface area contributed by atoms with Crippen molar-refractivity contribution in [2.75, 3.05) is 25.1 Å². The van der Waals surface area contributed by atoms with Gasteiger partial charge in [-0.3, -0.25) is 4.79 Å². The summed E-state index contributed by atoms with van der Waals surface area (Å²) in [6.45, 7) is 2.69. The van der Waals surface area contributed by atoms with E-state index in [0.29, 0.717) is 13.1 Å². The minimum Gasteiger partial charge on any atom is -0.481 e. The van der Waals surface area contributed by atoms with E-state index < -0.39 is 5.97 Å². The van der Waals surface area contributed by atoms with Crippen molar-refractivity contribution in [1.29, 1.82) is 0 Å². The van der Waals surface area contributed by atoms with Crippen LogP contribution in [-0.4, -0.2) is 53.1 Å². The number of likely N-dealkylation sites (tertiary alicyclic amines) is 1. The van der Waals surface area contributed by atoms with Crippen LogP contribution in [0.3, 0.4) is 0 Å². The molecule has 1 atom stereocenters. The van der Waals surface area contributed by atoms with Gasteiger partial charge in [0, 0.05) is 24.9 Å². The molecule has 0 aromatic heterocycles. The monoisotopic (exact) mass is 246 g/mol. The summed E-state index contributed by atoms with van der Waals surface area (Å²) in [7, 11) is 0. The highest BCUT2D eigenvalue weighted by molar-refractivity contribution is 7.98. The molecule has 0 saturated carbocycles. The van der Waals surface area contributed by atoms with Crippen molar-refractivity contribution in [3.05, 3.63) is 0 Å². The summed E-state index contributed by atoms with van der Waals surface area (Å²) in [5.41, 5.74) is 0. The molecule has 0 spiro atoms. The SMILES string of the molecule is CCC(CSC)NC(=O)N1CC(C(=O)O)C1. The van der Waals surface area contributed by atoms with Gasteiger partial charge in [-0.2, -0.15) is 11.8 Å². The van der Waals surface area contributed by atoms with Gasteiger partial charge in [0.2, 0.25) is 0 Å². The lowest BCUT2D eigenvalue weighted by Crippen LogP contribution is -2.57. The summed E-state index contributed by atoms with van der Waals surface area (Å²) >= 11 is 1.69. The van der Waals surface area contributed by atoms with Gasteiger partial charge in [0.15, 0.2) is 0 Å². The van der Waals surface area contributed by atoms with Crippen molar-refractivity contribution >= 4 is 23.8 Å². The first-order valence-electron chi connectivity index (χ1n) is 5.35. The molecule has 1 rings (SSSR count). The van der Waals surface area contributed by atoms with E-state index in [0.717, 1.165) is 12.2 Å². The van der Waals surface area contributed by atoms with Gasteiger partial charge in [0.25, 0.3) is 0 Å². The summed E-state index contributed by atoms with van der Waals surface area (Å²) < 4.78 is 0. The number of hydrogen-bond acceptors (Lipinski definition) is 3. The van der Waals surface area contributed by atoms with E-state index in [2.05, 4.69) is 5.32 Å². The Bertz CT molecular complexity index is 267. The summed E-state index contributed by atoms with van der Waals surface area (Å²) in [5, 5.41) is 11.6. The number of carbonyl (C=O) groups is 2. The van der Waals surface area contributed by atoms with Crippen molar-refractivity contribution in [3.63, 3.8) is 0 Å². The summed E-state index contributed by atoms with van der Waals surface area (Å²) in [6.07, 6.45) is 2.89. The second-order valence-corrected chi connectivity index (χ2v) is 4.86. The molecule has 5 nitrogen and oxygen atoms in total. The summed E-state index contributed by atoms with van der Waals surface area (Å²) in [5.74, 6) is -0.315. The summed E-state index contributed by atoms with van der Waals surface area (Å²) in [4.78, 5) is 23.8. The Morgan fingerprint density at radius 3 is 2.62 bits per heavy atom. The number of carbonyl (C=O) groups excluding carboxylic acids is 1. The number of amides is 2. The van der Waals surface area contributed by atoms with Gasteiger partial charge in [-0.05, 0) is 12.7 Å². The number of thioether (sulfide) groups is 1. The van der Waals surface area contributed by atoms with Crippen LogP contribution in [0, 0.1) is 5.92 Å². The fraction of sp³-hybridized carbons (Fsp3) is 0.800. The fourth-order valence-electron chi connectivity index (χ4n) is 1.53. The van der Waals surface area contributed by atoms with Crippen LogP contribution < -0.4 is 5.32 Å². The van der Waals surface area contributed by atoms with Crippen LogP contribution in [0.5, 0.6) is 0 Å². The van der Waals surface area contributed by atoms with Crippen molar-refractivity contribution in [2.24, 2.45) is 5.92 Å². The zero-order valence-corrected chi connectivity index (χ0v) is 10.4. The Hall–Kier alpha value is -0.910. The molecule has 1 aliphatic rings. The van der Waals surface area contributed by atoms with Gasteiger partial charge in [0.1, 0.15) is 0 Å². The Morgan fingerprint density at radius 2 is 2.19 bits per heavy atom. The van der Waals surface area contributed by atoms with Crippen molar-refractivity contribution in [2.45, 2.75) is 19.4 Å². The van der Waals surface area contributed by atoms with Crippen molar-refractivity contribution < 1.29 is 14.7 Å². The zero-order valence-electron chi connectivity index (χ0n) is 9.60. The molecular weight excluding hydrogens is 228 g/mol. The maximum atomic E-state index is 11.7. The molecule has 2 N–H and O–H groups in total. The average Bonchev–Trinajstić information content (AvgIpc) is 2.13. The second kappa shape index (κ2) is 5.98. The molecule has 0 aromatic rings. The van der Waals surface area contributed by atoms with Crippen LogP contribution in [0.4, 0.5) is 4.79 Å². The predicted octanol–water partition coefficient (Wildman–Crippen LogP) is 0.854. The van der Waals surface area contributed by atoms with E-state index in [4.69, 9.17) is 5.11 Å². The standard InChI is InChI=1S/C10H18N2O3S/c1-3-8(6-16-2)11-10(15)12-4-7(5-12)9(13)14/h7-8H,3-6H2,1-2H3,(H,11,15)(H,13,14). The number of nitrogens with one attached hydrogen (secondary N) is 1. The molecule has 92 valence electrons. The molecule has 1 heterocycles. The van der Waals surface area contributed by atoms with E-state index in [1.807, 2.05) is 13.2 Å². The number of aliphatic carboxylic acids is 1. The Kier molecular flexibility index (Phi) is 4.92. The first-order chi connectivity index (χ1) is 7.58. The molecule has 1 fully saturated rings. The Labute approximate surface area is 99.6 Å². The van der Waals surface area contributed by atoms with E-state index in [9.17, 15) is 9.59 Å². The smallest absolute Gasteiger partial charge is 0.317 e. The van der Waals surface area contributed by atoms with Gasteiger partial charge < -0.3 is 15.3 Å². The minimum absolute atomic E-state index is 0.140. The largest absolute Gasteiger partial charge is 0.481 e. The van der Waals surface area contributed by atoms with Crippen LogP contribution in [0.15, 0.2) is 0 Å². The van der Waals surface area contributed by atoms with Crippen LogP contribution in [-0.2, 0) is 4.79 Å². The number of rotatable bonds is 5. The van der Waals surface area contributed by atoms with Crippen molar-refractivity contribution in [3.8, 4) is 0 Å². The average molecular weight is 246 g/mol. The van der Waals surface area contributed by atoms with Gasteiger partial charge in [0.05, 0.1) is 5.92 Å². The highest BCUT2D eigenvalue weighted by Gasteiger charge is 2.35. The maximum absolute atomic E-state index is 11.7. The van der Waals surface area contributed by atoms with E-state index in [1.165, 1.54) is 0 Å². The van der Waals surface area contributed by atoms with E-state index >= 15 is 0 Å². The molecule has 0 radical (unpaired) electrons. The Morgan fingerprint density at radius 1 is 1.56 bits per heavy atom. The van der Waals surface area contributed by atoms with Crippen LogP contribution in [0.1, 0.15) is 13.3 Å². The number of urea groups is 1. The normalized spacial score (nSPS) is 17.8. The van der Waals surface area contributed by atoms with Gasteiger partial charge in [-0.15, -0.1) is 0 Å². The topological polar surface area (TPSA) is 69.6 Å². The fourth-order valence-corrected chi connectivity index (χ4v) is 2.25. The molecule has 16 heavy (non-hydrogen) atoms. The minimum atomic E-state index is -0.819. The molecular formula is C10H18N2O3S. The number of nitrogens with zero attached hydrogens (tertiary/aromatic N) is 1. The van der Waals surface area contributed by atoms with Gasteiger partial charge in [-0.25, -0.2) is 4.79 Å². The van der Waals surface area contributed by atoms with Gasteiger partial charge >= 0.3 is 12.0 Å². The van der Waals surface area contributed by atoms with Crippen LogP contribution >= 0.6 is 11.8 Å². The van der Waals surface area contributed by atoms with Gasteiger partial charge in [-0.1, -0.05) is 6.92 Å². The quantitative estimate of drug-likeness (QED) is 0.754.